The minimum absolute atomic E-state index is 0.538. The van der Waals surface area contributed by atoms with E-state index in [-0.39, 0.29) is 0 Å². The Labute approximate surface area is 116 Å². The van der Waals surface area contributed by atoms with Crippen LogP contribution in [0.4, 0.5) is 11.4 Å². The number of hydrogen-bond acceptors (Lipinski definition) is 5. The second kappa shape index (κ2) is 4.85. The lowest BCUT2D eigenvalue weighted by Crippen LogP contribution is -2.01. The molecule has 0 unspecified atom stereocenters. The molecule has 0 atom stereocenters. The zero-order valence-corrected chi connectivity index (χ0v) is 11.5. The highest BCUT2D eigenvalue weighted by molar-refractivity contribution is 6.00. The minimum atomic E-state index is 0.538. The molecular weight excluding hydrogens is 252 g/mol. The highest BCUT2D eigenvalue weighted by Crippen LogP contribution is 2.27. The SMILES string of the molecule is Cc1nc(CNc2ccc(N)c3cnccc23)oc1C. The number of aromatic nitrogens is 2. The van der Waals surface area contributed by atoms with Crippen LogP contribution >= 0.6 is 0 Å². The molecule has 0 radical (unpaired) electrons. The van der Waals surface area contributed by atoms with Gasteiger partial charge in [0.2, 0.25) is 5.89 Å². The molecule has 0 saturated carbocycles. The Balaban J connectivity index is 1.89. The van der Waals surface area contributed by atoms with E-state index in [9.17, 15) is 0 Å². The van der Waals surface area contributed by atoms with Crippen molar-refractivity contribution in [2.45, 2.75) is 20.4 Å². The molecule has 2 heterocycles. The topological polar surface area (TPSA) is 77.0 Å². The average molecular weight is 268 g/mol. The van der Waals surface area contributed by atoms with Gasteiger partial charge in [0.1, 0.15) is 5.76 Å². The number of nitrogen functional groups attached to an aromatic ring is 1. The summed E-state index contributed by atoms with van der Waals surface area (Å²) in [6.07, 6.45) is 3.53. The number of aryl methyl sites for hydroxylation is 2. The molecule has 0 spiro atoms. The van der Waals surface area contributed by atoms with Gasteiger partial charge in [0.05, 0.1) is 12.2 Å². The monoisotopic (exact) mass is 268 g/mol. The van der Waals surface area contributed by atoms with Crippen LogP contribution in [-0.2, 0) is 6.54 Å². The molecule has 1 aromatic carbocycles. The highest BCUT2D eigenvalue weighted by atomic mass is 16.4. The van der Waals surface area contributed by atoms with Gasteiger partial charge in [-0.3, -0.25) is 4.98 Å². The summed E-state index contributed by atoms with van der Waals surface area (Å²) in [6.45, 7) is 4.39. The molecule has 2 aromatic heterocycles. The number of anilines is 2. The Morgan fingerprint density at radius 1 is 1.20 bits per heavy atom. The summed E-state index contributed by atoms with van der Waals surface area (Å²) < 4.78 is 5.56. The standard InChI is InChI=1S/C15H16N4O/c1-9-10(2)20-15(19-9)8-18-14-4-3-13(16)12-7-17-6-5-11(12)14/h3-7,18H,8,16H2,1-2H3. The number of oxazole rings is 1. The van der Waals surface area contributed by atoms with Gasteiger partial charge in [-0.2, -0.15) is 0 Å². The molecule has 0 aliphatic carbocycles. The second-order valence-electron chi connectivity index (χ2n) is 4.73. The van der Waals surface area contributed by atoms with E-state index in [0.29, 0.717) is 12.4 Å². The van der Waals surface area contributed by atoms with Gasteiger partial charge in [-0.25, -0.2) is 4.98 Å². The maximum absolute atomic E-state index is 5.96. The van der Waals surface area contributed by atoms with Gasteiger partial charge >= 0.3 is 0 Å². The molecule has 0 saturated heterocycles. The van der Waals surface area contributed by atoms with Crippen LogP contribution < -0.4 is 11.1 Å². The second-order valence-corrected chi connectivity index (χ2v) is 4.73. The van der Waals surface area contributed by atoms with Gasteiger partial charge in [0, 0.05) is 34.5 Å². The first-order valence-electron chi connectivity index (χ1n) is 6.44. The molecule has 3 N–H and O–H groups in total. The van der Waals surface area contributed by atoms with Crippen molar-refractivity contribution in [1.29, 1.82) is 0 Å². The van der Waals surface area contributed by atoms with E-state index in [0.717, 1.165) is 33.6 Å². The van der Waals surface area contributed by atoms with Gasteiger partial charge in [-0.1, -0.05) is 0 Å². The molecule has 0 amide bonds. The van der Waals surface area contributed by atoms with Crippen LogP contribution in [0.15, 0.2) is 35.0 Å². The zero-order valence-electron chi connectivity index (χ0n) is 11.5. The Morgan fingerprint density at radius 3 is 2.80 bits per heavy atom. The Kier molecular flexibility index (Phi) is 3.02. The summed E-state index contributed by atoms with van der Waals surface area (Å²) in [7, 11) is 0. The molecule has 3 aromatic rings. The lowest BCUT2D eigenvalue weighted by atomic mass is 10.1. The fourth-order valence-corrected chi connectivity index (χ4v) is 2.15. The van der Waals surface area contributed by atoms with Gasteiger partial charge in [0.15, 0.2) is 0 Å². The van der Waals surface area contributed by atoms with Crippen molar-refractivity contribution in [2.24, 2.45) is 0 Å². The molecule has 0 aliphatic heterocycles. The number of nitrogens with two attached hydrogens (primary N) is 1. The summed E-state index contributed by atoms with van der Waals surface area (Å²) in [5, 5.41) is 5.32. The number of fused-ring (bicyclic) bond motifs is 1. The van der Waals surface area contributed by atoms with E-state index >= 15 is 0 Å². The van der Waals surface area contributed by atoms with Crippen molar-refractivity contribution >= 4 is 22.1 Å². The first kappa shape index (κ1) is 12.5. The van der Waals surface area contributed by atoms with E-state index in [1.807, 2.05) is 32.0 Å². The number of pyridine rings is 1. The Morgan fingerprint density at radius 2 is 2.05 bits per heavy atom. The molecule has 5 nitrogen and oxygen atoms in total. The van der Waals surface area contributed by atoms with Crippen molar-refractivity contribution in [3.05, 3.63) is 47.9 Å². The minimum Gasteiger partial charge on any atom is -0.444 e. The summed E-state index contributed by atoms with van der Waals surface area (Å²) in [5.41, 5.74) is 8.60. The van der Waals surface area contributed by atoms with Crippen LogP contribution in [0.25, 0.3) is 10.8 Å². The third-order valence-corrected chi connectivity index (χ3v) is 3.35. The van der Waals surface area contributed by atoms with Crippen molar-refractivity contribution in [1.82, 2.24) is 9.97 Å². The zero-order chi connectivity index (χ0) is 14.1. The fourth-order valence-electron chi connectivity index (χ4n) is 2.15. The predicted molar refractivity (Wildman–Crippen MR) is 79.5 cm³/mol. The van der Waals surface area contributed by atoms with E-state index in [1.54, 1.807) is 12.4 Å². The molecule has 0 bridgehead atoms. The van der Waals surface area contributed by atoms with E-state index in [2.05, 4.69) is 15.3 Å². The van der Waals surface area contributed by atoms with Crippen molar-refractivity contribution in [2.75, 3.05) is 11.1 Å². The largest absolute Gasteiger partial charge is 0.444 e. The highest BCUT2D eigenvalue weighted by Gasteiger charge is 2.07. The molecule has 0 fully saturated rings. The van der Waals surface area contributed by atoms with Gasteiger partial charge in [0.25, 0.3) is 0 Å². The predicted octanol–water partition coefficient (Wildman–Crippen LogP) is 3.03. The Bertz CT molecular complexity index is 744. The molecular formula is C15H16N4O. The maximum Gasteiger partial charge on any atom is 0.213 e. The summed E-state index contributed by atoms with van der Waals surface area (Å²) in [4.78, 5) is 8.47. The van der Waals surface area contributed by atoms with Crippen molar-refractivity contribution < 1.29 is 4.42 Å². The maximum atomic E-state index is 5.96. The number of nitrogens with one attached hydrogen (secondary N) is 1. The van der Waals surface area contributed by atoms with Crippen LogP contribution in [0.2, 0.25) is 0 Å². The summed E-state index contributed by atoms with van der Waals surface area (Å²) in [5.74, 6) is 1.53. The molecule has 3 rings (SSSR count). The van der Waals surface area contributed by atoms with E-state index < -0.39 is 0 Å². The molecule has 0 aliphatic rings. The number of nitrogens with zero attached hydrogens (tertiary/aromatic N) is 2. The summed E-state index contributed by atoms with van der Waals surface area (Å²) >= 11 is 0. The smallest absolute Gasteiger partial charge is 0.213 e. The lowest BCUT2D eigenvalue weighted by molar-refractivity contribution is 0.478. The van der Waals surface area contributed by atoms with E-state index in [1.165, 1.54) is 0 Å². The van der Waals surface area contributed by atoms with E-state index in [4.69, 9.17) is 10.2 Å². The van der Waals surface area contributed by atoms with Crippen LogP contribution in [0.1, 0.15) is 17.3 Å². The van der Waals surface area contributed by atoms with Crippen molar-refractivity contribution in [3.63, 3.8) is 0 Å². The van der Waals surface area contributed by atoms with Crippen molar-refractivity contribution in [3.8, 4) is 0 Å². The molecule has 5 heteroatoms. The molecule has 102 valence electrons. The summed E-state index contributed by atoms with van der Waals surface area (Å²) in [6, 6.07) is 5.78. The Hall–Kier alpha value is -2.56. The number of benzene rings is 1. The van der Waals surface area contributed by atoms with Gasteiger partial charge in [-0.05, 0) is 32.0 Å². The fraction of sp³-hybridized carbons (Fsp3) is 0.200. The molecule has 20 heavy (non-hydrogen) atoms. The normalized spacial score (nSPS) is 10.9. The number of rotatable bonds is 3. The third-order valence-electron chi connectivity index (χ3n) is 3.35. The lowest BCUT2D eigenvalue weighted by Gasteiger charge is -2.09. The van der Waals surface area contributed by atoms with Gasteiger partial charge in [-0.15, -0.1) is 0 Å². The van der Waals surface area contributed by atoms with Gasteiger partial charge < -0.3 is 15.5 Å². The first-order chi connectivity index (χ1) is 9.65. The third kappa shape index (κ3) is 2.18. The van der Waals surface area contributed by atoms with Crippen LogP contribution in [0.5, 0.6) is 0 Å². The van der Waals surface area contributed by atoms with Crippen LogP contribution in [-0.4, -0.2) is 9.97 Å². The van der Waals surface area contributed by atoms with Crippen LogP contribution in [0.3, 0.4) is 0 Å². The average Bonchev–Trinajstić information content (AvgIpc) is 2.77. The first-order valence-corrected chi connectivity index (χ1v) is 6.44. The quantitative estimate of drug-likeness (QED) is 0.714. The number of hydrogen-bond donors (Lipinski definition) is 2. The van der Waals surface area contributed by atoms with Crippen LogP contribution in [0, 0.1) is 13.8 Å².